The number of benzene rings is 1. The van der Waals surface area contributed by atoms with Crippen molar-refractivity contribution >= 4 is 11.8 Å². The van der Waals surface area contributed by atoms with E-state index in [9.17, 15) is 9.59 Å². The lowest BCUT2D eigenvalue weighted by Gasteiger charge is -2.37. The molecule has 2 amide bonds. The molecular formula is C19H28N2O2. The van der Waals surface area contributed by atoms with Crippen molar-refractivity contribution in [1.29, 1.82) is 0 Å². The fourth-order valence-corrected chi connectivity index (χ4v) is 3.02. The molecule has 1 saturated heterocycles. The van der Waals surface area contributed by atoms with Crippen LogP contribution in [0.2, 0.25) is 0 Å². The van der Waals surface area contributed by atoms with Crippen LogP contribution >= 0.6 is 0 Å². The number of carbonyl (C=O) groups excluding carboxylic acids is 2. The maximum absolute atomic E-state index is 12.6. The Balaban J connectivity index is 1.92. The standard InChI is InChI=1S/C19H28N2O2/c1-15(2)18(23)21-12-10-20(11-13-21)17(22)14-19(3,4)16-8-6-5-7-9-16/h5-9,15H,10-14H2,1-4H3. The first-order chi connectivity index (χ1) is 10.8. The average Bonchev–Trinajstić information content (AvgIpc) is 2.54. The van der Waals surface area contributed by atoms with Gasteiger partial charge in [0.2, 0.25) is 11.8 Å². The summed E-state index contributed by atoms with van der Waals surface area (Å²) in [5.41, 5.74) is 1.01. The number of amides is 2. The first kappa shape index (κ1) is 17.5. The van der Waals surface area contributed by atoms with Crippen LogP contribution in [-0.2, 0) is 15.0 Å². The van der Waals surface area contributed by atoms with Gasteiger partial charge in [0.25, 0.3) is 0 Å². The van der Waals surface area contributed by atoms with Gasteiger partial charge in [0.05, 0.1) is 0 Å². The molecule has 2 rings (SSSR count). The fourth-order valence-electron chi connectivity index (χ4n) is 3.02. The lowest BCUT2D eigenvalue weighted by atomic mass is 9.81. The zero-order valence-corrected chi connectivity index (χ0v) is 14.7. The molecule has 0 radical (unpaired) electrons. The average molecular weight is 316 g/mol. The van der Waals surface area contributed by atoms with Gasteiger partial charge in [-0.3, -0.25) is 9.59 Å². The summed E-state index contributed by atoms with van der Waals surface area (Å²) in [4.78, 5) is 28.4. The summed E-state index contributed by atoms with van der Waals surface area (Å²) >= 11 is 0. The van der Waals surface area contributed by atoms with E-state index in [4.69, 9.17) is 0 Å². The Kier molecular flexibility index (Phi) is 5.45. The predicted molar refractivity (Wildman–Crippen MR) is 92.1 cm³/mol. The zero-order chi connectivity index (χ0) is 17.0. The molecule has 1 aliphatic heterocycles. The molecule has 1 aromatic rings. The van der Waals surface area contributed by atoms with Crippen molar-refractivity contribution in [3.63, 3.8) is 0 Å². The van der Waals surface area contributed by atoms with Crippen LogP contribution in [0.15, 0.2) is 30.3 Å². The van der Waals surface area contributed by atoms with E-state index >= 15 is 0 Å². The Labute approximate surface area is 139 Å². The maximum Gasteiger partial charge on any atom is 0.225 e. The van der Waals surface area contributed by atoms with Gasteiger partial charge in [-0.05, 0) is 11.0 Å². The molecular weight excluding hydrogens is 288 g/mol. The molecule has 23 heavy (non-hydrogen) atoms. The molecule has 0 saturated carbocycles. The van der Waals surface area contributed by atoms with E-state index in [0.717, 1.165) is 0 Å². The van der Waals surface area contributed by atoms with Gasteiger partial charge in [-0.2, -0.15) is 0 Å². The van der Waals surface area contributed by atoms with Crippen LogP contribution in [0.25, 0.3) is 0 Å². The van der Waals surface area contributed by atoms with Crippen LogP contribution in [0, 0.1) is 5.92 Å². The van der Waals surface area contributed by atoms with Crippen molar-refractivity contribution in [2.75, 3.05) is 26.2 Å². The van der Waals surface area contributed by atoms with Crippen molar-refractivity contribution in [2.24, 2.45) is 5.92 Å². The molecule has 0 atom stereocenters. The molecule has 0 aliphatic carbocycles. The second kappa shape index (κ2) is 7.16. The van der Waals surface area contributed by atoms with Crippen LogP contribution in [0.1, 0.15) is 39.7 Å². The highest BCUT2D eigenvalue weighted by Crippen LogP contribution is 2.27. The Morgan fingerprint density at radius 1 is 1.00 bits per heavy atom. The van der Waals surface area contributed by atoms with Gasteiger partial charge >= 0.3 is 0 Å². The number of hydrogen-bond acceptors (Lipinski definition) is 2. The second-order valence-electron chi connectivity index (χ2n) is 7.29. The summed E-state index contributed by atoms with van der Waals surface area (Å²) in [6.45, 7) is 10.6. The molecule has 0 unspecified atom stereocenters. The highest BCUT2D eigenvalue weighted by atomic mass is 16.2. The van der Waals surface area contributed by atoms with E-state index < -0.39 is 0 Å². The summed E-state index contributed by atoms with van der Waals surface area (Å²) in [6, 6.07) is 10.2. The minimum atomic E-state index is -0.177. The number of rotatable bonds is 4. The third kappa shape index (κ3) is 4.34. The largest absolute Gasteiger partial charge is 0.339 e. The van der Waals surface area contributed by atoms with E-state index in [-0.39, 0.29) is 23.1 Å². The summed E-state index contributed by atoms with van der Waals surface area (Å²) in [6.07, 6.45) is 0.495. The molecule has 1 aromatic carbocycles. The summed E-state index contributed by atoms with van der Waals surface area (Å²) < 4.78 is 0. The lowest BCUT2D eigenvalue weighted by Crippen LogP contribution is -2.52. The number of carbonyl (C=O) groups is 2. The molecule has 0 aromatic heterocycles. The van der Waals surface area contributed by atoms with Gasteiger partial charge in [-0.25, -0.2) is 0 Å². The summed E-state index contributed by atoms with van der Waals surface area (Å²) in [5, 5.41) is 0. The van der Waals surface area contributed by atoms with Crippen molar-refractivity contribution in [3.05, 3.63) is 35.9 Å². The highest BCUT2D eigenvalue weighted by molar-refractivity contribution is 5.80. The number of piperazine rings is 1. The molecule has 0 N–H and O–H groups in total. The van der Waals surface area contributed by atoms with Crippen LogP contribution < -0.4 is 0 Å². The lowest BCUT2D eigenvalue weighted by molar-refractivity contribution is -0.142. The monoisotopic (exact) mass is 316 g/mol. The van der Waals surface area contributed by atoms with Crippen LogP contribution in [0.3, 0.4) is 0 Å². The maximum atomic E-state index is 12.6. The quantitative estimate of drug-likeness (QED) is 0.857. The fraction of sp³-hybridized carbons (Fsp3) is 0.579. The van der Waals surface area contributed by atoms with Crippen molar-refractivity contribution in [3.8, 4) is 0 Å². The molecule has 4 heteroatoms. The minimum absolute atomic E-state index is 0.0225. The van der Waals surface area contributed by atoms with E-state index in [0.29, 0.717) is 32.6 Å². The van der Waals surface area contributed by atoms with Crippen LogP contribution in [0.5, 0.6) is 0 Å². The van der Waals surface area contributed by atoms with E-state index in [1.54, 1.807) is 0 Å². The Bertz CT molecular complexity index is 544. The topological polar surface area (TPSA) is 40.6 Å². The molecule has 1 aliphatic rings. The van der Waals surface area contributed by atoms with Gasteiger partial charge in [0.15, 0.2) is 0 Å². The van der Waals surface area contributed by atoms with Gasteiger partial charge in [0, 0.05) is 38.5 Å². The van der Waals surface area contributed by atoms with Gasteiger partial charge in [-0.1, -0.05) is 58.0 Å². The van der Waals surface area contributed by atoms with E-state index in [1.165, 1.54) is 5.56 Å². The third-order valence-corrected chi connectivity index (χ3v) is 4.59. The predicted octanol–water partition coefficient (Wildman–Crippen LogP) is 2.68. The third-order valence-electron chi connectivity index (χ3n) is 4.59. The van der Waals surface area contributed by atoms with E-state index in [2.05, 4.69) is 26.0 Å². The van der Waals surface area contributed by atoms with Gasteiger partial charge < -0.3 is 9.80 Å². The highest BCUT2D eigenvalue weighted by Gasteiger charge is 2.30. The SMILES string of the molecule is CC(C)C(=O)N1CCN(C(=O)CC(C)(C)c2ccccc2)CC1. The molecule has 0 bridgehead atoms. The number of hydrogen-bond donors (Lipinski definition) is 0. The van der Waals surface area contributed by atoms with Crippen LogP contribution in [-0.4, -0.2) is 47.8 Å². The molecule has 1 heterocycles. The Morgan fingerprint density at radius 3 is 2.04 bits per heavy atom. The number of nitrogens with zero attached hydrogens (tertiary/aromatic N) is 2. The summed E-state index contributed by atoms with van der Waals surface area (Å²) in [5.74, 6) is 0.381. The minimum Gasteiger partial charge on any atom is -0.339 e. The molecule has 1 fully saturated rings. The first-order valence-electron chi connectivity index (χ1n) is 8.43. The Hall–Kier alpha value is -1.84. The molecule has 4 nitrogen and oxygen atoms in total. The molecule has 0 spiro atoms. The van der Waals surface area contributed by atoms with Gasteiger partial charge in [0.1, 0.15) is 0 Å². The second-order valence-corrected chi connectivity index (χ2v) is 7.29. The molecule has 126 valence electrons. The van der Waals surface area contributed by atoms with Crippen LogP contribution in [0.4, 0.5) is 0 Å². The van der Waals surface area contributed by atoms with Crippen molar-refractivity contribution < 1.29 is 9.59 Å². The van der Waals surface area contributed by atoms with Crippen molar-refractivity contribution in [1.82, 2.24) is 9.80 Å². The van der Waals surface area contributed by atoms with Gasteiger partial charge in [-0.15, -0.1) is 0 Å². The first-order valence-corrected chi connectivity index (χ1v) is 8.43. The Morgan fingerprint density at radius 2 is 1.52 bits per heavy atom. The normalized spacial score (nSPS) is 15.9. The van der Waals surface area contributed by atoms with E-state index in [1.807, 2.05) is 41.8 Å². The zero-order valence-electron chi connectivity index (χ0n) is 14.7. The summed E-state index contributed by atoms with van der Waals surface area (Å²) in [7, 11) is 0. The smallest absolute Gasteiger partial charge is 0.225 e. The van der Waals surface area contributed by atoms with Crippen molar-refractivity contribution in [2.45, 2.75) is 39.5 Å².